The van der Waals surface area contributed by atoms with Crippen molar-refractivity contribution < 1.29 is 8.78 Å². The first-order chi connectivity index (χ1) is 7.65. The smallest absolute Gasteiger partial charge is 0.130 e. The Hall–Kier alpha value is -0.610. The summed E-state index contributed by atoms with van der Waals surface area (Å²) in [5.41, 5.74) is 0.124. The predicted octanol–water partition coefficient (Wildman–Crippen LogP) is 3.20. The van der Waals surface area contributed by atoms with Gasteiger partial charge >= 0.3 is 0 Å². The molecule has 1 nitrogen and oxygen atoms in total. The van der Waals surface area contributed by atoms with Crippen molar-refractivity contribution in [3.8, 4) is 0 Å². The van der Waals surface area contributed by atoms with E-state index < -0.39 is 11.6 Å². The molecule has 0 bridgehead atoms. The molecule has 4 heteroatoms. The zero-order chi connectivity index (χ0) is 12.0. The quantitative estimate of drug-likeness (QED) is 0.772. The predicted molar refractivity (Wildman–Crippen MR) is 65.7 cm³/mol. The third-order valence-corrected chi connectivity index (χ3v) is 3.53. The summed E-state index contributed by atoms with van der Waals surface area (Å²) >= 11 is 1.79. The fourth-order valence-corrected chi connectivity index (χ4v) is 1.69. The van der Waals surface area contributed by atoms with Crippen LogP contribution in [-0.4, -0.2) is 18.1 Å². The third kappa shape index (κ3) is 4.10. The molecule has 0 radical (unpaired) electrons. The molecule has 0 aliphatic rings. The van der Waals surface area contributed by atoms with E-state index in [4.69, 9.17) is 0 Å². The number of nitrogens with one attached hydrogen (secondary N) is 1. The number of hydrogen-bond donors (Lipinski definition) is 1. The number of rotatable bonds is 6. The van der Waals surface area contributed by atoms with Crippen LogP contribution in [-0.2, 0) is 6.54 Å². The van der Waals surface area contributed by atoms with Gasteiger partial charge < -0.3 is 5.32 Å². The van der Waals surface area contributed by atoms with E-state index >= 15 is 0 Å². The average Bonchev–Trinajstić information content (AvgIpc) is 2.27. The lowest BCUT2D eigenvalue weighted by molar-refractivity contribution is 0.532. The first kappa shape index (κ1) is 13.5. The van der Waals surface area contributed by atoms with Crippen LogP contribution < -0.4 is 5.32 Å². The van der Waals surface area contributed by atoms with Crippen LogP contribution >= 0.6 is 11.8 Å². The van der Waals surface area contributed by atoms with E-state index in [-0.39, 0.29) is 12.1 Å². The zero-order valence-electron chi connectivity index (χ0n) is 9.59. The lowest BCUT2D eigenvalue weighted by atomic mass is 10.2. The zero-order valence-corrected chi connectivity index (χ0v) is 10.4. The first-order valence-electron chi connectivity index (χ1n) is 5.31. The number of benzene rings is 1. The van der Waals surface area contributed by atoms with Crippen molar-refractivity contribution in [1.82, 2.24) is 5.32 Å². The third-order valence-electron chi connectivity index (χ3n) is 2.49. The molecule has 0 fully saturated rings. The van der Waals surface area contributed by atoms with Crippen LogP contribution in [0.5, 0.6) is 0 Å². The van der Waals surface area contributed by atoms with E-state index in [1.807, 2.05) is 0 Å². The molecule has 1 atom stereocenters. The van der Waals surface area contributed by atoms with Gasteiger partial charge in [0.15, 0.2) is 0 Å². The summed E-state index contributed by atoms with van der Waals surface area (Å²) in [4.78, 5) is 0. The van der Waals surface area contributed by atoms with Gasteiger partial charge in [0.05, 0.1) is 0 Å². The van der Waals surface area contributed by atoms with Gasteiger partial charge in [-0.1, -0.05) is 13.0 Å². The van der Waals surface area contributed by atoms with E-state index in [9.17, 15) is 8.78 Å². The van der Waals surface area contributed by atoms with Gasteiger partial charge in [0.25, 0.3) is 0 Å². The molecule has 1 rings (SSSR count). The second kappa shape index (κ2) is 6.86. The van der Waals surface area contributed by atoms with E-state index in [0.717, 1.165) is 13.0 Å². The highest BCUT2D eigenvalue weighted by atomic mass is 32.2. The largest absolute Gasteiger partial charge is 0.312 e. The normalized spacial score (nSPS) is 12.8. The Bertz CT molecular complexity index is 311. The van der Waals surface area contributed by atoms with E-state index in [2.05, 4.69) is 18.5 Å². The Labute approximate surface area is 99.6 Å². The molecular formula is C12H17F2NS. The molecule has 0 heterocycles. The van der Waals surface area contributed by atoms with E-state index in [0.29, 0.717) is 5.25 Å². The highest BCUT2D eigenvalue weighted by Gasteiger charge is 2.07. The van der Waals surface area contributed by atoms with Crippen LogP contribution in [0.3, 0.4) is 0 Å². The van der Waals surface area contributed by atoms with Crippen LogP contribution in [0.25, 0.3) is 0 Å². The van der Waals surface area contributed by atoms with Gasteiger partial charge in [-0.15, -0.1) is 0 Å². The fourth-order valence-electron chi connectivity index (χ4n) is 1.34. The van der Waals surface area contributed by atoms with Gasteiger partial charge in [0.2, 0.25) is 0 Å². The summed E-state index contributed by atoms with van der Waals surface area (Å²) in [6.07, 6.45) is 3.05. The standard InChI is InChI=1S/C12H17F2NS/c1-9(16-2)6-7-15-8-10-11(13)4-3-5-12(10)14/h3-5,9,15H,6-8H2,1-2H3. The Morgan fingerprint density at radius 1 is 1.31 bits per heavy atom. The average molecular weight is 245 g/mol. The van der Waals surface area contributed by atoms with Crippen molar-refractivity contribution in [1.29, 1.82) is 0 Å². The molecule has 0 aliphatic carbocycles. The topological polar surface area (TPSA) is 12.0 Å². The minimum atomic E-state index is -0.481. The maximum atomic E-state index is 13.2. The summed E-state index contributed by atoms with van der Waals surface area (Å²) < 4.78 is 26.4. The maximum Gasteiger partial charge on any atom is 0.130 e. The molecule has 1 unspecified atom stereocenters. The molecule has 90 valence electrons. The molecule has 16 heavy (non-hydrogen) atoms. The van der Waals surface area contributed by atoms with Crippen LogP contribution in [0.15, 0.2) is 18.2 Å². The van der Waals surface area contributed by atoms with Gasteiger partial charge in [-0.25, -0.2) is 8.78 Å². The number of halogens is 2. The second-order valence-electron chi connectivity index (χ2n) is 3.71. The molecule has 0 spiro atoms. The minimum Gasteiger partial charge on any atom is -0.312 e. The molecule has 0 amide bonds. The Kier molecular flexibility index (Phi) is 5.77. The minimum absolute atomic E-state index is 0.124. The molecule has 1 aromatic rings. The Balaban J connectivity index is 2.37. The van der Waals surface area contributed by atoms with Crippen molar-refractivity contribution in [2.24, 2.45) is 0 Å². The van der Waals surface area contributed by atoms with Crippen molar-refractivity contribution in [3.05, 3.63) is 35.4 Å². The summed E-state index contributed by atoms with van der Waals surface area (Å²) in [5.74, 6) is -0.962. The van der Waals surface area contributed by atoms with Crippen LogP contribution in [0.2, 0.25) is 0 Å². The summed E-state index contributed by atoms with van der Waals surface area (Å²) in [6, 6.07) is 3.94. The molecule has 0 aromatic heterocycles. The van der Waals surface area contributed by atoms with Gasteiger partial charge in [0.1, 0.15) is 11.6 Å². The van der Waals surface area contributed by atoms with Gasteiger partial charge in [-0.3, -0.25) is 0 Å². The van der Waals surface area contributed by atoms with Crippen LogP contribution in [0, 0.1) is 11.6 Å². The summed E-state index contributed by atoms with van der Waals surface area (Å²) in [6.45, 7) is 3.16. The lowest BCUT2D eigenvalue weighted by Gasteiger charge is -2.10. The highest BCUT2D eigenvalue weighted by Crippen LogP contribution is 2.12. The van der Waals surface area contributed by atoms with Gasteiger partial charge in [-0.05, 0) is 31.4 Å². The van der Waals surface area contributed by atoms with Crippen LogP contribution in [0.4, 0.5) is 8.78 Å². The first-order valence-corrected chi connectivity index (χ1v) is 6.60. The Morgan fingerprint density at radius 3 is 2.50 bits per heavy atom. The molecule has 0 saturated carbocycles. The molecule has 1 N–H and O–H groups in total. The lowest BCUT2D eigenvalue weighted by Crippen LogP contribution is -2.19. The van der Waals surface area contributed by atoms with Crippen molar-refractivity contribution in [2.45, 2.75) is 25.1 Å². The number of thioether (sulfide) groups is 1. The van der Waals surface area contributed by atoms with Gasteiger partial charge in [0, 0.05) is 17.4 Å². The van der Waals surface area contributed by atoms with E-state index in [1.165, 1.54) is 18.2 Å². The highest BCUT2D eigenvalue weighted by molar-refractivity contribution is 7.99. The SMILES string of the molecule is CSC(C)CCNCc1c(F)cccc1F. The van der Waals surface area contributed by atoms with Crippen LogP contribution in [0.1, 0.15) is 18.9 Å². The monoisotopic (exact) mass is 245 g/mol. The Morgan fingerprint density at radius 2 is 1.94 bits per heavy atom. The second-order valence-corrected chi connectivity index (χ2v) is 4.99. The molecule has 0 aliphatic heterocycles. The van der Waals surface area contributed by atoms with Crippen molar-refractivity contribution >= 4 is 11.8 Å². The van der Waals surface area contributed by atoms with Gasteiger partial charge in [-0.2, -0.15) is 11.8 Å². The van der Waals surface area contributed by atoms with E-state index in [1.54, 1.807) is 11.8 Å². The maximum absolute atomic E-state index is 13.2. The fraction of sp³-hybridized carbons (Fsp3) is 0.500. The van der Waals surface area contributed by atoms with Crippen molar-refractivity contribution in [3.63, 3.8) is 0 Å². The molecular weight excluding hydrogens is 228 g/mol. The molecule has 1 aromatic carbocycles. The number of hydrogen-bond acceptors (Lipinski definition) is 2. The molecule has 0 saturated heterocycles. The summed E-state index contributed by atoms with van der Waals surface area (Å²) in [7, 11) is 0. The summed E-state index contributed by atoms with van der Waals surface area (Å²) in [5, 5.41) is 3.62. The van der Waals surface area contributed by atoms with Crippen molar-refractivity contribution in [2.75, 3.05) is 12.8 Å².